The lowest BCUT2D eigenvalue weighted by atomic mass is 10.1. The number of aryl methyl sites for hydroxylation is 2. The van der Waals surface area contributed by atoms with Gasteiger partial charge in [0.25, 0.3) is 11.8 Å². The molecule has 2 N–H and O–H groups in total. The molecule has 1 aliphatic rings. The number of anilines is 1. The second-order valence-corrected chi connectivity index (χ2v) is 7.76. The molecule has 3 rings (SSSR count). The van der Waals surface area contributed by atoms with Crippen molar-refractivity contribution in [1.82, 2.24) is 10.4 Å². The van der Waals surface area contributed by atoms with Gasteiger partial charge in [0.15, 0.2) is 6.61 Å². The molecule has 162 valence electrons. The molecule has 0 bridgehead atoms. The van der Waals surface area contributed by atoms with Crippen LogP contribution in [0.4, 0.5) is 5.69 Å². The lowest BCUT2D eigenvalue weighted by molar-refractivity contribution is -0.151. The van der Waals surface area contributed by atoms with E-state index in [4.69, 9.17) is 16.3 Å². The van der Waals surface area contributed by atoms with Gasteiger partial charge in [-0.2, -0.15) is 0 Å². The van der Waals surface area contributed by atoms with Crippen LogP contribution in [0.25, 0.3) is 0 Å². The van der Waals surface area contributed by atoms with Gasteiger partial charge in [0, 0.05) is 22.7 Å². The SMILES string of the molecule is Cc1ccc(C)c(NC(=O)COC(=O)[C@H]2CC(=O)N(NC(=O)c3ccc(Cl)cc3)C2)c1. The Morgan fingerprint density at radius 3 is 2.55 bits per heavy atom. The van der Waals surface area contributed by atoms with E-state index >= 15 is 0 Å². The molecule has 0 aromatic heterocycles. The molecule has 1 heterocycles. The summed E-state index contributed by atoms with van der Waals surface area (Å²) in [5.74, 6) is -2.82. The molecule has 0 spiro atoms. The van der Waals surface area contributed by atoms with Gasteiger partial charge in [-0.15, -0.1) is 0 Å². The Morgan fingerprint density at radius 2 is 1.84 bits per heavy atom. The second-order valence-electron chi connectivity index (χ2n) is 7.33. The topological polar surface area (TPSA) is 105 Å². The van der Waals surface area contributed by atoms with Crippen LogP contribution >= 0.6 is 11.6 Å². The van der Waals surface area contributed by atoms with Gasteiger partial charge >= 0.3 is 5.97 Å². The highest BCUT2D eigenvalue weighted by atomic mass is 35.5. The molecule has 0 radical (unpaired) electrons. The molecule has 2 aromatic carbocycles. The van der Waals surface area contributed by atoms with E-state index in [1.54, 1.807) is 12.1 Å². The number of halogens is 1. The first-order chi connectivity index (χ1) is 14.7. The quantitative estimate of drug-likeness (QED) is 0.668. The van der Waals surface area contributed by atoms with Crippen molar-refractivity contribution < 1.29 is 23.9 Å². The fourth-order valence-corrected chi connectivity index (χ4v) is 3.20. The minimum absolute atomic E-state index is 0.0321. The Labute approximate surface area is 184 Å². The number of hydrogen-bond acceptors (Lipinski definition) is 5. The van der Waals surface area contributed by atoms with Crippen molar-refractivity contribution in [3.8, 4) is 0 Å². The van der Waals surface area contributed by atoms with Gasteiger partial charge in [0.1, 0.15) is 0 Å². The minimum atomic E-state index is -0.772. The van der Waals surface area contributed by atoms with Gasteiger partial charge in [-0.25, -0.2) is 0 Å². The normalized spacial score (nSPS) is 15.5. The summed E-state index contributed by atoms with van der Waals surface area (Å²) in [4.78, 5) is 48.8. The van der Waals surface area contributed by atoms with E-state index in [2.05, 4.69) is 10.7 Å². The number of hydrogen-bond donors (Lipinski definition) is 2. The van der Waals surface area contributed by atoms with Crippen LogP contribution in [0.15, 0.2) is 42.5 Å². The van der Waals surface area contributed by atoms with Gasteiger partial charge in [-0.05, 0) is 55.3 Å². The minimum Gasteiger partial charge on any atom is -0.455 e. The predicted octanol–water partition coefficient (Wildman–Crippen LogP) is 2.63. The zero-order chi connectivity index (χ0) is 22.5. The fraction of sp³-hybridized carbons (Fsp3) is 0.273. The molecule has 0 aliphatic carbocycles. The largest absolute Gasteiger partial charge is 0.455 e. The van der Waals surface area contributed by atoms with Gasteiger partial charge in [0.2, 0.25) is 5.91 Å². The fourth-order valence-electron chi connectivity index (χ4n) is 3.07. The number of esters is 1. The van der Waals surface area contributed by atoms with Crippen LogP contribution in [0, 0.1) is 19.8 Å². The molecule has 2 aromatic rings. The van der Waals surface area contributed by atoms with E-state index in [0.29, 0.717) is 16.3 Å². The summed E-state index contributed by atoms with van der Waals surface area (Å²) in [7, 11) is 0. The summed E-state index contributed by atoms with van der Waals surface area (Å²) >= 11 is 5.80. The summed E-state index contributed by atoms with van der Waals surface area (Å²) in [6.45, 7) is 3.27. The number of amides is 3. The Bertz CT molecular complexity index is 1020. The number of nitrogens with zero attached hydrogens (tertiary/aromatic N) is 1. The molecule has 3 amide bonds. The predicted molar refractivity (Wildman–Crippen MR) is 114 cm³/mol. The van der Waals surface area contributed by atoms with E-state index in [1.807, 2.05) is 32.0 Å². The summed E-state index contributed by atoms with van der Waals surface area (Å²) in [5.41, 5.74) is 5.32. The average molecular weight is 444 g/mol. The number of benzene rings is 2. The first-order valence-electron chi connectivity index (χ1n) is 9.63. The van der Waals surface area contributed by atoms with E-state index in [0.717, 1.165) is 16.1 Å². The van der Waals surface area contributed by atoms with Crippen molar-refractivity contribution in [2.45, 2.75) is 20.3 Å². The van der Waals surface area contributed by atoms with E-state index in [9.17, 15) is 19.2 Å². The number of hydrazine groups is 1. The summed E-state index contributed by atoms with van der Waals surface area (Å²) in [6.07, 6.45) is -0.113. The standard InChI is InChI=1S/C22H22ClN3O5/c1-13-3-4-14(2)18(9-13)24-19(27)12-31-22(30)16-10-20(28)26(11-16)25-21(29)15-5-7-17(23)8-6-15/h3-9,16H,10-12H2,1-2H3,(H,24,27)(H,25,29)/t16-/m0/s1. The smallest absolute Gasteiger partial charge is 0.311 e. The molecular formula is C22H22ClN3O5. The summed E-state index contributed by atoms with van der Waals surface area (Å²) in [6, 6.07) is 11.8. The Hall–Kier alpha value is -3.39. The first kappa shape index (κ1) is 22.3. The maximum Gasteiger partial charge on any atom is 0.311 e. The number of rotatable bonds is 6. The third-order valence-corrected chi connectivity index (χ3v) is 5.07. The molecular weight excluding hydrogens is 422 g/mol. The van der Waals surface area contributed by atoms with Crippen molar-refractivity contribution >= 4 is 41.0 Å². The van der Waals surface area contributed by atoms with Crippen LogP contribution in [-0.2, 0) is 19.1 Å². The van der Waals surface area contributed by atoms with Crippen LogP contribution < -0.4 is 10.7 Å². The van der Waals surface area contributed by atoms with Crippen LogP contribution in [0.1, 0.15) is 27.9 Å². The molecule has 1 aliphatic heterocycles. The maximum atomic E-state index is 12.3. The molecule has 9 heteroatoms. The van der Waals surface area contributed by atoms with Gasteiger partial charge in [-0.3, -0.25) is 29.6 Å². The third-order valence-electron chi connectivity index (χ3n) is 4.81. The highest BCUT2D eigenvalue weighted by molar-refractivity contribution is 6.30. The average Bonchev–Trinajstić information content (AvgIpc) is 3.09. The van der Waals surface area contributed by atoms with Crippen molar-refractivity contribution in [3.63, 3.8) is 0 Å². The van der Waals surface area contributed by atoms with E-state index in [1.165, 1.54) is 12.1 Å². The lowest BCUT2D eigenvalue weighted by Gasteiger charge is -2.17. The van der Waals surface area contributed by atoms with Crippen LogP contribution in [0.2, 0.25) is 5.02 Å². The van der Waals surface area contributed by atoms with Gasteiger partial charge < -0.3 is 10.1 Å². The Morgan fingerprint density at radius 1 is 1.13 bits per heavy atom. The highest BCUT2D eigenvalue weighted by Gasteiger charge is 2.36. The third kappa shape index (κ3) is 5.82. The zero-order valence-corrected chi connectivity index (χ0v) is 17.9. The second kappa shape index (κ2) is 9.61. The number of carbonyl (C=O) groups is 4. The van der Waals surface area contributed by atoms with Crippen molar-refractivity contribution in [3.05, 3.63) is 64.2 Å². The zero-order valence-electron chi connectivity index (χ0n) is 17.1. The lowest BCUT2D eigenvalue weighted by Crippen LogP contribution is -2.43. The van der Waals surface area contributed by atoms with E-state index in [-0.39, 0.29) is 13.0 Å². The number of carbonyl (C=O) groups excluding carboxylic acids is 4. The highest BCUT2D eigenvalue weighted by Crippen LogP contribution is 2.19. The maximum absolute atomic E-state index is 12.3. The first-order valence-corrected chi connectivity index (χ1v) is 10.0. The van der Waals surface area contributed by atoms with Crippen molar-refractivity contribution in [2.24, 2.45) is 5.92 Å². The molecule has 0 saturated carbocycles. The van der Waals surface area contributed by atoms with Crippen molar-refractivity contribution in [1.29, 1.82) is 0 Å². The molecule has 8 nitrogen and oxygen atoms in total. The van der Waals surface area contributed by atoms with Crippen LogP contribution in [-0.4, -0.2) is 41.9 Å². The Balaban J connectivity index is 1.49. The molecule has 31 heavy (non-hydrogen) atoms. The van der Waals surface area contributed by atoms with E-state index < -0.39 is 36.2 Å². The van der Waals surface area contributed by atoms with Crippen LogP contribution in [0.5, 0.6) is 0 Å². The molecule has 1 saturated heterocycles. The number of ether oxygens (including phenoxy) is 1. The van der Waals surface area contributed by atoms with Crippen molar-refractivity contribution in [2.75, 3.05) is 18.5 Å². The van der Waals surface area contributed by atoms with Gasteiger partial charge in [-0.1, -0.05) is 23.7 Å². The monoisotopic (exact) mass is 443 g/mol. The number of nitrogens with one attached hydrogen (secondary N) is 2. The molecule has 1 atom stereocenters. The Kier molecular flexibility index (Phi) is 6.91. The summed E-state index contributed by atoms with van der Waals surface area (Å²) < 4.78 is 5.07. The van der Waals surface area contributed by atoms with Gasteiger partial charge in [0.05, 0.1) is 12.5 Å². The molecule has 0 unspecified atom stereocenters. The van der Waals surface area contributed by atoms with Crippen LogP contribution in [0.3, 0.4) is 0 Å². The summed E-state index contributed by atoms with van der Waals surface area (Å²) in [5, 5.41) is 4.27. The molecule has 1 fully saturated rings.